The minimum absolute atomic E-state index is 0. The van der Waals surface area contributed by atoms with Gasteiger partial charge in [-0.25, -0.2) is 0 Å². The molecule has 4 heteroatoms. The van der Waals surface area contributed by atoms with E-state index in [0.29, 0.717) is 0 Å². The Bertz CT molecular complexity index is 238. The quantitative estimate of drug-likeness (QED) is 0.572. The zero-order chi connectivity index (χ0) is 8.10. The third kappa shape index (κ3) is 4.84. The molecule has 62 valence electrons. The molecule has 0 aliphatic carbocycles. The fourth-order valence-corrected chi connectivity index (χ4v) is 4.00. The van der Waals surface area contributed by atoms with Crippen molar-refractivity contribution in [2.24, 2.45) is 0 Å². The van der Waals surface area contributed by atoms with Gasteiger partial charge in [0.1, 0.15) is 0 Å². The fourth-order valence-electron chi connectivity index (χ4n) is 0.759. The standard InChI is InChI=1S/C6H5.C2H4O2.Hg.H3P/c1-2-4-6-5-3-1;1-2(3)4;;/h1-5H;1H3,(H,3,4);;1H3/q;;+1;/p-1. The Kier molecular flexibility index (Phi) is 6.59. The van der Waals surface area contributed by atoms with Crippen LogP contribution in [0.3, 0.4) is 0 Å². The summed E-state index contributed by atoms with van der Waals surface area (Å²) in [5.41, 5.74) is 0. The topological polar surface area (TPSA) is 26.3 Å². The van der Waals surface area contributed by atoms with E-state index in [0.717, 1.165) is 0 Å². The van der Waals surface area contributed by atoms with Gasteiger partial charge in [-0.1, -0.05) is 0 Å². The molecule has 0 radical (unpaired) electrons. The Morgan fingerprint density at radius 1 is 1.33 bits per heavy atom. The van der Waals surface area contributed by atoms with Gasteiger partial charge in [-0.05, 0) is 0 Å². The van der Waals surface area contributed by atoms with E-state index in [4.69, 9.17) is 2.64 Å². The summed E-state index contributed by atoms with van der Waals surface area (Å²) in [5.74, 6) is -0.143. The Morgan fingerprint density at radius 2 is 1.92 bits per heavy atom. The van der Waals surface area contributed by atoms with E-state index in [1.54, 1.807) is 0 Å². The SMILES string of the molecule is CC(=O)[O][Hg][c]1ccccc1.P. The Balaban J connectivity index is 0.00000121. The maximum Gasteiger partial charge on any atom is -0.153 e. The molecule has 0 spiro atoms. The van der Waals surface area contributed by atoms with Gasteiger partial charge in [0.2, 0.25) is 0 Å². The second-order valence-corrected chi connectivity index (χ2v) is 7.68. The number of rotatable bonds is 2. The monoisotopic (exact) mass is 372 g/mol. The molecule has 0 saturated heterocycles. The third-order valence-corrected chi connectivity index (χ3v) is 6.55. The predicted molar refractivity (Wildman–Crippen MR) is 48.9 cm³/mol. The van der Waals surface area contributed by atoms with E-state index in [2.05, 4.69) is 0 Å². The average Bonchev–Trinajstić information content (AvgIpc) is 2.03. The maximum atomic E-state index is 10.5. The molecule has 1 atom stereocenters. The molecule has 0 N–H and O–H groups in total. The summed E-state index contributed by atoms with van der Waals surface area (Å²) in [7, 11) is 0. The van der Waals surface area contributed by atoms with Crippen LogP contribution in [-0.2, 0) is 32.5 Å². The zero-order valence-electron chi connectivity index (χ0n) is 7.12. The first-order chi connectivity index (χ1) is 5.29. The zero-order valence-corrected chi connectivity index (χ0v) is 14.0. The van der Waals surface area contributed by atoms with E-state index in [1.165, 1.54) is 10.00 Å². The summed E-state index contributed by atoms with van der Waals surface area (Å²) in [6.07, 6.45) is 0. The minimum atomic E-state index is -1.52. The van der Waals surface area contributed by atoms with E-state index in [1.807, 2.05) is 30.3 Å². The summed E-state index contributed by atoms with van der Waals surface area (Å²) in [4.78, 5) is 10.5. The van der Waals surface area contributed by atoms with Crippen molar-refractivity contribution in [2.45, 2.75) is 6.92 Å². The van der Waals surface area contributed by atoms with Gasteiger partial charge < -0.3 is 0 Å². The molecule has 1 aromatic carbocycles. The molecule has 1 rings (SSSR count). The van der Waals surface area contributed by atoms with Crippen molar-refractivity contribution in [1.29, 1.82) is 0 Å². The Hall–Kier alpha value is 0.0551. The number of hydrogen-bond acceptors (Lipinski definition) is 2. The molecule has 0 aliphatic heterocycles. The van der Waals surface area contributed by atoms with Gasteiger partial charge in [0.15, 0.2) is 0 Å². The molecule has 0 saturated carbocycles. The van der Waals surface area contributed by atoms with Gasteiger partial charge in [0.25, 0.3) is 0 Å². The molecular weight excluding hydrogens is 360 g/mol. The fraction of sp³-hybridized carbons (Fsp3) is 0.125. The molecule has 1 aromatic rings. The van der Waals surface area contributed by atoms with Crippen molar-refractivity contribution in [3.63, 3.8) is 0 Å². The molecule has 0 amide bonds. The van der Waals surface area contributed by atoms with Crippen LogP contribution in [0.15, 0.2) is 30.3 Å². The second-order valence-electron chi connectivity index (χ2n) is 2.27. The van der Waals surface area contributed by atoms with Crippen molar-refractivity contribution in [2.75, 3.05) is 0 Å². The molecule has 0 bridgehead atoms. The molecule has 0 fully saturated rings. The molecule has 2 nitrogen and oxygen atoms in total. The molecule has 0 heterocycles. The molecular formula is C8H11HgO2P. The number of hydrogen-bond donors (Lipinski definition) is 0. The predicted octanol–water partition coefficient (Wildman–Crippen LogP) is 0.931. The van der Waals surface area contributed by atoms with Crippen molar-refractivity contribution < 1.29 is 32.5 Å². The number of carbonyl (C=O) groups is 1. The summed E-state index contributed by atoms with van der Waals surface area (Å²) in [5, 5.41) is 0. The molecule has 1 unspecified atom stereocenters. The molecule has 0 aromatic heterocycles. The Morgan fingerprint density at radius 3 is 2.42 bits per heavy atom. The van der Waals surface area contributed by atoms with Gasteiger partial charge >= 0.3 is 78.8 Å². The van der Waals surface area contributed by atoms with Crippen LogP contribution in [0.25, 0.3) is 0 Å². The third-order valence-electron chi connectivity index (χ3n) is 1.28. The van der Waals surface area contributed by atoms with Crippen molar-refractivity contribution in [1.82, 2.24) is 0 Å². The van der Waals surface area contributed by atoms with Crippen LogP contribution in [0.4, 0.5) is 0 Å². The van der Waals surface area contributed by atoms with E-state index in [-0.39, 0.29) is 15.9 Å². The first kappa shape index (κ1) is 12.1. The number of benzene rings is 1. The summed E-state index contributed by atoms with van der Waals surface area (Å²) in [6, 6.07) is 9.94. The van der Waals surface area contributed by atoms with Crippen LogP contribution in [0, 0.1) is 0 Å². The maximum absolute atomic E-state index is 10.5. The summed E-state index contributed by atoms with van der Waals surface area (Å²) >= 11 is -1.52. The molecule has 0 aliphatic rings. The van der Waals surface area contributed by atoms with Crippen molar-refractivity contribution >= 4 is 18.9 Å². The first-order valence-electron chi connectivity index (χ1n) is 3.46. The first-order valence-corrected chi connectivity index (χ1v) is 8.45. The van der Waals surface area contributed by atoms with Crippen molar-refractivity contribution in [3.8, 4) is 0 Å². The van der Waals surface area contributed by atoms with E-state index >= 15 is 0 Å². The minimum Gasteiger partial charge on any atom is -0.153 e. The van der Waals surface area contributed by atoms with Crippen LogP contribution in [0.5, 0.6) is 0 Å². The van der Waals surface area contributed by atoms with Crippen LogP contribution >= 0.6 is 9.90 Å². The van der Waals surface area contributed by atoms with Crippen LogP contribution in [0.1, 0.15) is 6.92 Å². The normalized spacial score (nSPS) is 7.75. The van der Waals surface area contributed by atoms with Gasteiger partial charge in [-0.2, -0.15) is 9.90 Å². The Labute approximate surface area is 88.4 Å². The molecule has 12 heavy (non-hydrogen) atoms. The van der Waals surface area contributed by atoms with Gasteiger partial charge in [0, 0.05) is 0 Å². The number of carbonyl (C=O) groups excluding carboxylic acids is 1. The van der Waals surface area contributed by atoms with Gasteiger partial charge in [-0.15, -0.1) is 0 Å². The summed E-state index contributed by atoms with van der Waals surface area (Å²) < 4.78 is 6.25. The van der Waals surface area contributed by atoms with Crippen LogP contribution in [-0.4, -0.2) is 5.97 Å². The van der Waals surface area contributed by atoms with Gasteiger partial charge in [0.05, 0.1) is 0 Å². The van der Waals surface area contributed by atoms with Crippen molar-refractivity contribution in [3.05, 3.63) is 30.3 Å². The van der Waals surface area contributed by atoms with E-state index < -0.39 is 25.0 Å². The van der Waals surface area contributed by atoms with E-state index in [9.17, 15) is 4.79 Å². The van der Waals surface area contributed by atoms with Crippen LogP contribution in [0.2, 0.25) is 0 Å². The van der Waals surface area contributed by atoms with Crippen LogP contribution < -0.4 is 3.07 Å². The largest absolute Gasteiger partial charge is 0.153 e. The average molecular weight is 371 g/mol. The summed E-state index contributed by atoms with van der Waals surface area (Å²) in [6.45, 7) is 1.46. The smallest absolute Gasteiger partial charge is 0.153 e. The second kappa shape index (κ2) is 6.56. The van der Waals surface area contributed by atoms with Gasteiger partial charge in [-0.3, -0.25) is 0 Å².